The first-order valence-corrected chi connectivity index (χ1v) is 5.50. The van der Waals surface area contributed by atoms with E-state index in [9.17, 15) is 22.4 Å². The standard InChI is InChI=1S/C12H9F4N3O/c13-10-2-1-8(12(14,15)16)3-9(10)11(20)17-4-7-5-18-19-6-7/h1-3,5-6H,4H2,(H,17,20)(H,18,19). The van der Waals surface area contributed by atoms with Crippen LogP contribution in [0.5, 0.6) is 0 Å². The summed E-state index contributed by atoms with van der Waals surface area (Å²) in [6.45, 7) is 0.0328. The van der Waals surface area contributed by atoms with Crippen molar-refractivity contribution >= 4 is 5.91 Å². The lowest BCUT2D eigenvalue weighted by Gasteiger charge is -2.10. The number of hydrogen-bond acceptors (Lipinski definition) is 2. The van der Waals surface area contributed by atoms with Gasteiger partial charge < -0.3 is 5.32 Å². The maximum atomic E-state index is 13.4. The largest absolute Gasteiger partial charge is 0.416 e. The van der Waals surface area contributed by atoms with Crippen LogP contribution >= 0.6 is 0 Å². The van der Waals surface area contributed by atoms with Gasteiger partial charge in [-0.2, -0.15) is 18.3 Å². The summed E-state index contributed by atoms with van der Waals surface area (Å²) in [5.74, 6) is -1.93. The van der Waals surface area contributed by atoms with E-state index in [-0.39, 0.29) is 6.54 Å². The highest BCUT2D eigenvalue weighted by atomic mass is 19.4. The molecule has 0 radical (unpaired) electrons. The molecule has 0 fully saturated rings. The van der Waals surface area contributed by atoms with Crippen LogP contribution in [0.1, 0.15) is 21.5 Å². The minimum absolute atomic E-state index is 0.0328. The maximum absolute atomic E-state index is 13.4. The summed E-state index contributed by atoms with van der Waals surface area (Å²) in [7, 11) is 0. The molecule has 1 amide bonds. The van der Waals surface area contributed by atoms with Gasteiger partial charge in [0.2, 0.25) is 0 Å². The molecular weight excluding hydrogens is 278 g/mol. The summed E-state index contributed by atoms with van der Waals surface area (Å²) in [5.41, 5.74) is -1.11. The van der Waals surface area contributed by atoms with Crippen LogP contribution < -0.4 is 5.32 Å². The van der Waals surface area contributed by atoms with Crippen LogP contribution in [0.4, 0.5) is 17.6 Å². The van der Waals surface area contributed by atoms with E-state index >= 15 is 0 Å². The van der Waals surface area contributed by atoms with Crippen molar-refractivity contribution in [3.63, 3.8) is 0 Å². The number of H-pyrrole nitrogens is 1. The first kappa shape index (κ1) is 14.0. The van der Waals surface area contributed by atoms with Crippen LogP contribution in [-0.4, -0.2) is 16.1 Å². The Morgan fingerprint density at radius 1 is 1.35 bits per heavy atom. The minimum atomic E-state index is -4.63. The van der Waals surface area contributed by atoms with Crippen LogP contribution in [0.2, 0.25) is 0 Å². The number of hydrogen-bond donors (Lipinski definition) is 2. The number of nitrogens with one attached hydrogen (secondary N) is 2. The minimum Gasteiger partial charge on any atom is -0.348 e. The van der Waals surface area contributed by atoms with Gasteiger partial charge in [-0.25, -0.2) is 4.39 Å². The van der Waals surface area contributed by atoms with Crippen LogP contribution in [0, 0.1) is 5.82 Å². The summed E-state index contributed by atoms with van der Waals surface area (Å²) in [6.07, 6.45) is -1.70. The normalized spacial score (nSPS) is 11.4. The fourth-order valence-corrected chi connectivity index (χ4v) is 1.53. The molecule has 1 aromatic heterocycles. The summed E-state index contributed by atoms with van der Waals surface area (Å²) < 4.78 is 50.9. The predicted molar refractivity (Wildman–Crippen MR) is 61.2 cm³/mol. The van der Waals surface area contributed by atoms with E-state index in [4.69, 9.17) is 0 Å². The van der Waals surface area contributed by atoms with Crippen LogP contribution in [-0.2, 0) is 12.7 Å². The SMILES string of the molecule is O=C(NCc1cn[nH]c1)c1cc(C(F)(F)F)ccc1F. The third-order valence-corrected chi connectivity index (χ3v) is 2.55. The number of alkyl halides is 3. The molecule has 0 bridgehead atoms. The number of carbonyl (C=O) groups excluding carboxylic acids is 1. The van der Waals surface area contributed by atoms with Crippen LogP contribution in [0.25, 0.3) is 0 Å². The second kappa shape index (κ2) is 5.32. The number of carbonyl (C=O) groups is 1. The summed E-state index contributed by atoms with van der Waals surface area (Å²) in [4.78, 5) is 11.7. The van der Waals surface area contributed by atoms with Gasteiger partial charge >= 0.3 is 6.18 Å². The van der Waals surface area contributed by atoms with Gasteiger partial charge in [-0.15, -0.1) is 0 Å². The topological polar surface area (TPSA) is 57.8 Å². The number of aromatic nitrogens is 2. The Kier molecular flexibility index (Phi) is 3.73. The molecule has 8 heteroatoms. The molecule has 0 aliphatic heterocycles. The van der Waals surface area contributed by atoms with Gasteiger partial charge in [-0.1, -0.05) is 0 Å². The fraction of sp³-hybridized carbons (Fsp3) is 0.167. The molecule has 0 spiro atoms. The highest BCUT2D eigenvalue weighted by molar-refractivity contribution is 5.94. The molecule has 2 N–H and O–H groups in total. The first-order valence-electron chi connectivity index (χ1n) is 5.50. The average Bonchev–Trinajstić information content (AvgIpc) is 2.88. The zero-order valence-corrected chi connectivity index (χ0v) is 9.96. The lowest BCUT2D eigenvalue weighted by atomic mass is 10.1. The van der Waals surface area contributed by atoms with Crippen molar-refractivity contribution in [3.8, 4) is 0 Å². The highest BCUT2D eigenvalue weighted by Gasteiger charge is 2.31. The summed E-state index contributed by atoms with van der Waals surface area (Å²) >= 11 is 0. The van der Waals surface area contributed by atoms with Gasteiger partial charge in [-0.05, 0) is 18.2 Å². The molecule has 0 saturated heterocycles. The van der Waals surface area contributed by atoms with Crippen molar-refractivity contribution in [1.29, 1.82) is 0 Å². The zero-order chi connectivity index (χ0) is 14.8. The lowest BCUT2D eigenvalue weighted by Crippen LogP contribution is -2.24. The van der Waals surface area contributed by atoms with Crippen molar-refractivity contribution < 1.29 is 22.4 Å². The fourth-order valence-electron chi connectivity index (χ4n) is 1.53. The van der Waals surface area contributed by atoms with Gasteiger partial charge in [0.05, 0.1) is 17.3 Å². The molecule has 0 aliphatic carbocycles. The van der Waals surface area contributed by atoms with E-state index in [1.807, 2.05) is 0 Å². The monoisotopic (exact) mass is 287 g/mol. The zero-order valence-electron chi connectivity index (χ0n) is 9.96. The smallest absolute Gasteiger partial charge is 0.348 e. The third kappa shape index (κ3) is 3.14. The number of halogens is 4. The van der Waals surface area contributed by atoms with Crippen molar-refractivity contribution in [2.24, 2.45) is 0 Å². The number of rotatable bonds is 3. The molecule has 106 valence electrons. The number of nitrogens with zero attached hydrogens (tertiary/aromatic N) is 1. The molecule has 1 aromatic carbocycles. The molecule has 0 saturated carbocycles. The third-order valence-electron chi connectivity index (χ3n) is 2.55. The van der Waals surface area contributed by atoms with Gasteiger partial charge in [-0.3, -0.25) is 9.89 Å². The Balaban J connectivity index is 2.16. The predicted octanol–water partition coefficient (Wildman–Crippen LogP) is 2.50. The Labute approximate surface area is 110 Å². The molecular formula is C12H9F4N3O. The second-order valence-electron chi connectivity index (χ2n) is 3.98. The van der Waals surface area contributed by atoms with Crippen molar-refractivity contribution in [2.75, 3.05) is 0 Å². The van der Waals surface area contributed by atoms with Crippen LogP contribution in [0.15, 0.2) is 30.6 Å². The first-order chi connectivity index (χ1) is 9.38. The number of benzene rings is 1. The lowest BCUT2D eigenvalue weighted by molar-refractivity contribution is -0.137. The molecule has 0 unspecified atom stereocenters. The van der Waals surface area contributed by atoms with E-state index in [2.05, 4.69) is 15.5 Å². The Hall–Kier alpha value is -2.38. The molecule has 20 heavy (non-hydrogen) atoms. The second-order valence-corrected chi connectivity index (χ2v) is 3.98. The quantitative estimate of drug-likeness (QED) is 0.852. The number of amides is 1. The van der Waals surface area contributed by atoms with Gasteiger partial charge in [0, 0.05) is 18.3 Å². The highest BCUT2D eigenvalue weighted by Crippen LogP contribution is 2.30. The van der Waals surface area contributed by atoms with Crippen molar-refractivity contribution in [1.82, 2.24) is 15.5 Å². The molecule has 1 heterocycles. The Morgan fingerprint density at radius 2 is 2.10 bits per heavy atom. The molecule has 4 nitrogen and oxygen atoms in total. The van der Waals surface area contributed by atoms with Crippen molar-refractivity contribution in [3.05, 3.63) is 53.1 Å². The average molecular weight is 287 g/mol. The van der Waals surface area contributed by atoms with Gasteiger partial charge in [0.15, 0.2) is 0 Å². The van der Waals surface area contributed by atoms with E-state index < -0.39 is 29.0 Å². The Morgan fingerprint density at radius 3 is 2.70 bits per heavy atom. The summed E-state index contributed by atoms with van der Waals surface area (Å²) in [6, 6.07) is 1.69. The Bertz CT molecular complexity index is 608. The molecule has 0 aliphatic rings. The van der Waals surface area contributed by atoms with E-state index in [1.165, 1.54) is 12.4 Å². The molecule has 2 rings (SSSR count). The maximum Gasteiger partial charge on any atom is 0.416 e. The van der Waals surface area contributed by atoms with E-state index in [1.54, 1.807) is 0 Å². The molecule has 0 atom stereocenters. The van der Waals surface area contributed by atoms with Gasteiger partial charge in [0.25, 0.3) is 5.91 Å². The van der Waals surface area contributed by atoms with E-state index in [0.29, 0.717) is 23.8 Å². The summed E-state index contributed by atoms with van der Waals surface area (Å²) in [5, 5.41) is 8.46. The van der Waals surface area contributed by atoms with Crippen molar-refractivity contribution in [2.45, 2.75) is 12.7 Å². The van der Waals surface area contributed by atoms with Crippen LogP contribution in [0.3, 0.4) is 0 Å². The molecule has 2 aromatic rings. The van der Waals surface area contributed by atoms with Gasteiger partial charge in [0.1, 0.15) is 5.82 Å². The number of aromatic amines is 1. The van der Waals surface area contributed by atoms with E-state index in [0.717, 1.165) is 0 Å².